The maximum atomic E-state index is 2.21. The van der Waals surface area contributed by atoms with Gasteiger partial charge in [-0.05, 0) is 0 Å². The van der Waals surface area contributed by atoms with E-state index in [0.717, 1.165) is 0 Å². The second kappa shape index (κ2) is 5.88. The van der Waals surface area contributed by atoms with Crippen LogP contribution in [0.4, 0.5) is 0 Å². The molecule has 98 valence electrons. The van der Waals surface area contributed by atoms with E-state index in [9.17, 15) is 0 Å². The van der Waals surface area contributed by atoms with E-state index >= 15 is 0 Å². The predicted molar refractivity (Wildman–Crippen MR) is 78.2 cm³/mol. The number of hydrogen-bond donors (Lipinski definition) is 0. The van der Waals surface area contributed by atoms with Crippen molar-refractivity contribution in [3.63, 3.8) is 0 Å². The van der Waals surface area contributed by atoms with Gasteiger partial charge in [-0.1, -0.05) is 0 Å². The normalized spacial score (nSPS) is 11.1. The summed E-state index contributed by atoms with van der Waals surface area (Å²) >= 11 is 0.0662. The quantitative estimate of drug-likeness (QED) is 0.652. The average molecular weight is 295 g/mol. The number of hydrogen-bond acceptors (Lipinski definition) is 0. The first kappa shape index (κ1) is 12.2. The van der Waals surface area contributed by atoms with Crippen molar-refractivity contribution in [2.45, 2.75) is 0 Å². The number of rotatable bonds is 3. The molecule has 19 heavy (non-hydrogen) atoms. The van der Waals surface area contributed by atoms with Crippen molar-refractivity contribution in [3.8, 4) is 0 Å². The molecule has 0 amide bonds. The molecule has 0 saturated heterocycles. The first-order valence-corrected chi connectivity index (χ1v) is 7.60. The van der Waals surface area contributed by atoms with E-state index in [1.807, 2.05) is 0 Å². The Morgan fingerprint density at radius 3 is 0.895 bits per heavy atom. The standard InChI is InChI=1S/3C6H5.Cu/c3*1-2-4-6-5-3-1;/h3*1-5H;. The van der Waals surface area contributed by atoms with Gasteiger partial charge in [-0.2, -0.15) is 0 Å². The third-order valence-electron chi connectivity index (χ3n) is 2.65. The van der Waals surface area contributed by atoms with Crippen molar-refractivity contribution < 1.29 is 13.9 Å². The van der Waals surface area contributed by atoms with Crippen LogP contribution in [-0.2, 0) is 13.9 Å². The van der Waals surface area contributed by atoms with Gasteiger partial charge in [0.15, 0.2) is 0 Å². The Balaban J connectivity index is 2.12. The maximum absolute atomic E-state index is 2.21. The molecule has 1 heteroatoms. The Morgan fingerprint density at radius 2 is 0.632 bits per heavy atom. The fourth-order valence-corrected chi connectivity index (χ4v) is 4.23. The van der Waals surface area contributed by atoms with E-state index in [-0.39, 0.29) is 13.9 Å². The zero-order valence-corrected chi connectivity index (χ0v) is 11.4. The monoisotopic (exact) mass is 294 g/mol. The zero-order chi connectivity index (χ0) is 12.9. The zero-order valence-electron chi connectivity index (χ0n) is 10.5. The fourth-order valence-electron chi connectivity index (χ4n) is 1.80. The minimum atomic E-state index is 0.0662. The van der Waals surface area contributed by atoms with Gasteiger partial charge in [-0.3, -0.25) is 0 Å². The summed E-state index contributed by atoms with van der Waals surface area (Å²) < 4.78 is 4.06. The molecular weight excluding hydrogens is 280 g/mol. The van der Waals surface area contributed by atoms with Crippen LogP contribution in [0.2, 0.25) is 0 Å². The first-order chi connectivity index (χ1) is 9.45. The first-order valence-electron chi connectivity index (χ1n) is 6.18. The van der Waals surface area contributed by atoms with Gasteiger partial charge in [0.1, 0.15) is 0 Å². The molecule has 0 saturated carbocycles. The Labute approximate surface area is 118 Å². The summed E-state index contributed by atoms with van der Waals surface area (Å²) in [6.45, 7) is 0. The Morgan fingerprint density at radius 1 is 0.368 bits per heavy atom. The second-order valence-corrected chi connectivity index (χ2v) is 6.32. The van der Waals surface area contributed by atoms with Crippen molar-refractivity contribution in [2.75, 3.05) is 0 Å². The summed E-state index contributed by atoms with van der Waals surface area (Å²) in [5, 5.41) is 0. The summed E-state index contributed by atoms with van der Waals surface area (Å²) in [6, 6.07) is 32.1. The average Bonchev–Trinajstić information content (AvgIpc) is 2.51. The third-order valence-corrected chi connectivity index (χ3v) is 5.22. The molecule has 0 spiro atoms. The molecule has 3 aromatic rings. The van der Waals surface area contributed by atoms with Crippen molar-refractivity contribution >= 4 is 13.4 Å². The molecule has 0 radical (unpaired) electrons. The summed E-state index contributed by atoms with van der Waals surface area (Å²) in [6.07, 6.45) is 0. The molecule has 0 aliphatic carbocycles. The van der Waals surface area contributed by atoms with Crippen molar-refractivity contribution in [1.82, 2.24) is 0 Å². The van der Waals surface area contributed by atoms with Crippen molar-refractivity contribution in [3.05, 3.63) is 91.0 Å². The van der Waals surface area contributed by atoms with Crippen LogP contribution in [0.15, 0.2) is 91.0 Å². The second-order valence-electron chi connectivity index (χ2n) is 3.98. The van der Waals surface area contributed by atoms with Crippen LogP contribution in [0.1, 0.15) is 0 Å². The van der Waals surface area contributed by atoms with Gasteiger partial charge in [0.25, 0.3) is 0 Å². The van der Waals surface area contributed by atoms with Crippen LogP contribution in [0.25, 0.3) is 0 Å². The third kappa shape index (κ3) is 2.78. The van der Waals surface area contributed by atoms with E-state index in [1.54, 1.807) is 0 Å². The fraction of sp³-hybridized carbons (Fsp3) is 0. The molecule has 3 aromatic carbocycles. The molecule has 0 aromatic heterocycles. The molecule has 0 fully saturated rings. The summed E-state index contributed by atoms with van der Waals surface area (Å²) in [7, 11) is 0. The van der Waals surface area contributed by atoms with E-state index in [1.165, 1.54) is 13.4 Å². The Bertz CT molecular complexity index is 524. The molecule has 0 bridgehead atoms. The van der Waals surface area contributed by atoms with E-state index in [2.05, 4.69) is 91.0 Å². The van der Waals surface area contributed by atoms with Crippen molar-refractivity contribution in [2.24, 2.45) is 0 Å². The van der Waals surface area contributed by atoms with Crippen LogP contribution in [0.5, 0.6) is 0 Å². The molecular formula is C18H15Cu. The summed E-state index contributed by atoms with van der Waals surface area (Å²) in [5.41, 5.74) is 0. The van der Waals surface area contributed by atoms with Gasteiger partial charge < -0.3 is 0 Å². The van der Waals surface area contributed by atoms with Crippen LogP contribution in [-0.4, -0.2) is 0 Å². The minimum absolute atomic E-state index is 0.0662. The molecule has 0 unspecified atom stereocenters. The van der Waals surface area contributed by atoms with Crippen LogP contribution < -0.4 is 13.4 Å². The Hall–Kier alpha value is -1.82. The van der Waals surface area contributed by atoms with E-state index in [4.69, 9.17) is 0 Å². The topological polar surface area (TPSA) is 0 Å². The van der Waals surface area contributed by atoms with E-state index < -0.39 is 0 Å². The predicted octanol–water partition coefficient (Wildman–Crippen LogP) is 2.58. The summed E-state index contributed by atoms with van der Waals surface area (Å²) in [5.74, 6) is 0. The van der Waals surface area contributed by atoms with Gasteiger partial charge in [-0.15, -0.1) is 0 Å². The van der Waals surface area contributed by atoms with Crippen LogP contribution in [0.3, 0.4) is 0 Å². The van der Waals surface area contributed by atoms with Gasteiger partial charge in [0, 0.05) is 0 Å². The molecule has 0 aliphatic heterocycles. The van der Waals surface area contributed by atoms with Gasteiger partial charge in [0.2, 0.25) is 0 Å². The molecule has 0 nitrogen and oxygen atoms in total. The van der Waals surface area contributed by atoms with Crippen LogP contribution >= 0.6 is 0 Å². The molecule has 0 aliphatic rings. The summed E-state index contributed by atoms with van der Waals surface area (Å²) in [4.78, 5) is 0. The number of benzene rings is 3. The van der Waals surface area contributed by atoms with Gasteiger partial charge in [0.05, 0.1) is 0 Å². The molecule has 0 heterocycles. The SMILES string of the molecule is c1cc[c]([Cu]([c]2ccccc2)[c]2ccccc2)cc1. The van der Waals surface area contributed by atoms with E-state index in [0.29, 0.717) is 0 Å². The van der Waals surface area contributed by atoms with Crippen molar-refractivity contribution in [1.29, 1.82) is 0 Å². The van der Waals surface area contributed by atoms with Gasteiger partial charge in [-0.25, -0.2) is 0 Å². The van der Waals surface area contributed by atoms with Gasteiger partial charge >= 0.3 is 118 Å². The molecule has 0 N–H and O–H groups in total. The molecule has 3 rings (SSSR count). The molecule has 0 atom stereocenters. The Kier molecular flexibility index (Phi) is 3.78. The van der Waals surface area contributed by atoms with Crippen LogP contribution in [0, 0.1) is 0 Å².